The minimum atomic E-state index is -0.253. The smallest absolute Gasteiger partial charge is 0.342 e. The van der Waals surface area contributed by atoms with Gasteiger partial charge in [0, 0.05) is 5.69 Å². The summed E-state index contributed by atoms with van der Waals surface area (Å²) in [6.45, 7) is 4.44. The number of esters is 1. The zero-order valence-electron chi connectivity index (χ0n) is 11.0. The molecule has 0 unspecified atom stereocenters. The van der Waals surface area contributed by atoms with Crippen molar-refractivity contribution < 1.29 is 9.53 Å². The Kier molecular flexibility index (Phi) is 2.75. The van der Waals surface area contributed by atoms with Crippen molar-refractivity contribution in [3.63, 3.8) is 0 Å². The number of hydrogen-bond donors (Lipinski definition) is 0. The van der Waals surface area contributed by atoms with Gasteiger partial charge in [-0.25, -0.2) is 4.79 Å². The summed E-state index contributed by atoms with van der Waals surface area (Å²) in [5.74, 6) is -0.253. The van der Waals surface area contributed by atoms with Crippen molar-refractivity contribution in [2.24, 2.45) is 0 Å². The lowest BCUT2D eigenvalue weighted by Gasteiger charge is -2.31. The molecule has 0 spiro atoms. The van der Waals surface area contributed by atoms with Crippen LogP contribution < -0.4 is 4.90 Å². The third-order valence-electron chi connectivity index (χ3n) is 3.61. The average molecular weight is 253 g/mol. The molecule has 96 valence electrons. The van der Waals surface area contributed by atoms with Gasteiger partial charge in [-0.3, -0.25) is 0 Å². The Morgan fingerprint density at radius 1 is 1.00 bits per heavy atom. The highest BCUT2D eigenvalue weighted by Gasteiger charge is 2.25. The first-order chi connectivity index (χ1) is 9.18. The van der Waals surface area contributed by atoms with E-state index in [1.54, 1.807) is 6.07 Å². The number of benzene rings is 2. The molecule has 1 aliphatic heterocycles. The van der Waals surface area contributed by atoms with Crippen LogP contribution in [0.1, 0.15) is 21.5 Å². The van der Waals surface area contributed by atoms with Crippen molar-refractivity contribution in [1.82, 2.24) is 0 Å². The maximum atomic E-state index is 11.8. The van der Waals surface area contributed by atoms with Gasteiger partial charge in [-0.15, -0.1) is 0 Å². The van der Waals surface area contributed by atoms with Crippen LogP contribution in [-0.4, -0.2) is 12.7 Å². The zero-order valence-corrected chi connectivity index (χ0v) is 11.0. The van der Waals surface area contributed by atoms with Crippen LogP contribution in [0.5, 0.6) is 0 Å². The molecule has 0 bridgehead atoms. The largest absolute Gasteiger partial charge is 0.440 e. The molecule has 3 rings (SSSR count). The van der Waals surface area contributed by atoms with Gasteiger partial charge >= 0.3 is 5.97 Å². The number of carbonyl (C=O) groups is 1. The van der Waals surface area contributed by atoms with E-state index < -0.39 is 0 Å². The second kappa shape index (κ2) is 4.43. The van der Waals surface area contributed by atoms with Crippen LogP contribution in [0.3, 0.4) is 0 Å². The molecule has 3 heteroatoms. The van der Waals surface area contributed by atoms with Crippen LogP contribution in [0.15, 0.2) is 42.5 Å². The molecule has 0 atom stereocenters. The number of anilines is 2. The normalized spacial score (nSPS) is 14.0. The molecule has 0 saturated carbocycles. The highest BCUT2D eigenvalue weighted by atomic mass is 16.5. The van der Waals surface area contributed by atoms with Crippen molar-refractivity contribution in [3.05, 3.63) is 59.2 Å². The first kappa shape index (κ1) is 11.8. The maximum absolute atomic E-state index is 11.8. The minimum Gasteiger partial charge on any atom is -0.440 e. The second-order valence-corrected chi connectivity index (χ2v) is 4.73. The van der Waals surface area contributed by atoms with Crippen molar-refractivity contribution in [3.8, 4) is 0 Å². The summed E-state index contributed by atoms with van der Waals surface area (Å²) < 4.78 is 5.25. The topological polar surface area (TPSA) is 29.5 Å². The minimum absolute atomic E-state index is 0.253. The molecule has 0 fully saturated rings. The van der Waals surface area contributed by atoms with E-state index >= 15 is 0 Å². The Hall–Kier alpha value is -2.29. The van der Waals surface area contributed by atoms with E-state index in [0.29, 0.717) is 5.56 Å². The molecule has 0 aromatic heterocycles. The van der Waals surface area contributed by atoms with Crippen LogP contribution in [0, 0.1) is 13.8 Å². The van der Waals surface area contributed by atoms with Crippen LogP contribution >= 0.6 is 0 Å². The molecule has 19 heavy (non-hydrogen) atoms. The lowest BCUT2D eigenvalue weighted by molar-refractivity contribution is 0.0493. The number of aryl methyl sites for hydroxylation is 1. The zero-order chi connectivity index (χ0) is 13.4. The molecular weight excluding hydrogens is 238 g/mol. The fraction of sp³-hybridized carbons (Fsp3) is 0.188. The van der Waals surface area contributed by atoms with Crippen LogP contribution in [-0.2, 0) is 4.74 Å². The lowest BCUT2D eigenvalue weighted by atomic mass is 10.1. The number of ether oxygens (including phenoxy) is 1. The predicted octanol–water partition coefficient (Wildman–Crippen LogP) is 3.57. The summed E-state index contributed by atoms with van der Waals surface area (Å²) in [6, 6.07) is 13.7. The van der Waals surface area contributed by atoms with Gasteiger partial charge in [0.2, 0.25) is 0 Å². The Labute approximate surface area is 112 Å². The summed E-state index contributed by atoms with van der Waals surface area (Å²) in [5.41, 5.74) is 5.05. The first-order valence-electron chi connectivity index (χ1n) is 6.28. The van der Waals surface area contributed by atoms with E-state index in [0.717, 1.165) is 11.4 Å². The van der Waals surface area contributed by atoms with Gasteiger partial charge < -0.3 is 9.64 Å². The molecule has 1 heterocycles. The molecular formula is C16H15NO2. The molecule has 3 nitrogen and oxygen atoms in total. The van der Waals surface area contributed by atoms with Crippen molar-refractivity contribution in [2.75, 3.05) is 11.6 Å². The van der Waals surface area contributed by atoms with Gasteiger partial charge in [-0.05, 0) is 43.2 Å². The van der Waals surface area contributed by atoms with Crippen LogP contribution in [0.25, 0.3) is 0 Å². The number of rotatable bonds is 1. The number of cyclic esters (lactones) is 1. The lowest BCUT2D eigenvalue weighted by Crippen LogP contribution is -2.30. The number of para-hydroxylation sites is 1. The van der Waals surface area contributed by atoms with Gasteiger partial charge in [-0.2, -0.15) is 0 Å². The molecule has 0 aliphatic carbocycles. The Bertz CT molecular complexity index is 649. The SMILES string of the molecule is Cc1cccc(N2COC(=O)c3ccccc32)c1C. The fourth-order valence-corrected chi connectivity index (χ4v) is 2.38. The number of nitrogens with zero attached hydrogens (tertiary/aromatic N) is 1. The van der Waals surface area contributed by atoms with E-state index in [4.69, 9.17) is 4.74 Å². The fourth-order valence-electron chi connectivity index (χ4n) is 2.38. The van der Waals surface area contributed by atoms with Crippen molar-refractivity contribution in [1.29, 1.82) is 0 Å². The first-order valence-corrected chi connectivity index (χ1v) is 6.28. The third-order valence-corrected chi connectivity index (χ3v) is 3.61. The van der Waals surface area contributed by atoms with E-state index in [9.17, 15) is 4.79 Å². The molecule has 0 radical (unpaired) electrons. The Balaban J connectivity index is 2.15. The standard InChI is InChI=1S/C16H15NO2/c1-11-6-5-9-14(12(11)2)17-10-19-16(18)13-7-3-4-8-15(13)17/h3-9H,10H2,1-2H3. The highest BCUT2D eigenvalue weighted by Crippen LogP contribution is 2.34. The summed E-state index contributed by atoms with van der Waals surface area (Å²) >= 11 is 0. The van der Waals surface area contributed by atoms with E-state index in [1.807, 2.05) is 29.2 Å². The Morgan fingerprint density at radius 3 is 2.58 bits per heavy atom. The van der Waals surface area contributed by atoms with Crippen LogP contribution in [0.4, 0.5) is 11.4 Å². The van der Waals surface area contributed by atoms with Crippen molar-refractivity contribution in [2.45, 2.75) is 13.8 Å². The molecule has 1 aliphatic rings. The Morgan fingerprint density at radius 2 is 1.74 bits per heavy atom. The number of carbonyl (C=O) groups excluding carboxylic acids is 1. The third kappa shape index (κ3) is 1.87. The van der Waals surface area contributed by atoms with Gasteiger partial charge in [-0.1, -0.05) is 24.3 Å². The van der Waals surface area contributed by atoms with Gasteiger partial charge in [0.15, 0.2) is 6.73 Å². The number of fused-ring (bicyclic) bond motifs is 1. The van der Waals surface area contributed by atoms with E-state index in [1.165, 1.54) is 11.1 Å². The molecule has 2 aromatic carbocycles. The molecule has 0 amide bonds. The predicted molar refractivity (Wildman–Crippen MR) is 74.8 cm³/mol. The monoisotopic (exact) mass is 253 g/mol. The van der Waals surface area contributed by atoms with Crippen molar-refractivity contribution >= 4 is 17.3 Å². The highest BCUT2D eigenvalue weighted by molar-refractivity contribution is 5.98. The summed E-state index contributed by atoms with van der Waals surface area (Å²) in [4.78, 5) is 13.8. The molecule has 0 saturated heterocycles. The molecule has 2 aromatic rings. The molecule has 0 N–H and O–H groups in total. The van der Waals surface area contributed by atoms with E-state index in [-0.39, 0.29) is 12.7 Å². The van der Waals surface area contributed by atoms with E-state index in [2.05, 4.69) is 26.0 Å². The summed E-state index contributed by atoms with van der Waals surface area (Å²) in [7, 11) is 0. The quantitative estimate of drug-likeness (QED) is 0.728. The number of hydrogen-bond acceptors (Lipinski definition) is 3. The van der Waals surface area contributed by atoms with Crippen LogP contribution in [0.2, 0.25) is 0 Å². The average Bonchev–Trinajstić information content (AvgIpc) is 2.43. The second-order valence-electron chi connectivity index (χ2n) is 4.73. The van der Waals surface area contributed by atoms with Gasteiger partial charge in [0.05, 0.1) is 11.3 Å². The summed E-state index contributed by atoms with van der Waals surface area (Å²) in [6.07, 6.45) is 0. The van der Waals surface area contributed by atoms with Gasteiger partial charge in [0.25, 0.3) is 0 Å². The maximum Gasteiger partial charge on any atom is 0.342 e. The summed E-state index contributed by atoms with van der Waals surface area (Å²) in [5, 5.41) is 0. The van der Waals surface area contributed by atoms with Gasteiger partial charge in [0.1, 0.15) is 0 Å².